The van der Waals surface area contributed by atoms with Gasteiger partial charge in [0.05, 0.1) is 17.6 Å². The lowest BCUT2D eigenvalue weighted by Gasteiger charge is -2.08. The number of nitro benzene ring substituents is 1. The molecule has 0 fully saturated rings. The molecule has 0 radical (unpaired) electrons. The summed E-state index contributed by atoms with van der Waals surface area (Å²) >= 11 is 0. The lowest BCUT2D eigenvalue weighted by atomic mass is 10.1. The smallest absolute Gasteiger partial charge is 0.337 e. The average Bonchev–Trinajstić information content (AvgIpc) is 2.53. The summed E-state index contributed by atoms with van der Waals surface area (Å²) in [6.45, 7) is 1.89. The van der Waals surface area contributed by atoms with Crippen LogP contribution in [0.15, 0.2) is 42.5 Å². The van der Waals surface area contributed by atoms with E-state index in [2.05, 4.69) is 4.74 Å². The maximum Gasteiger partial charge on any atom is 0.337 e. The molecular weight excluding hydrogens is 286 g/mol. The lowest BCUT2D eigenvalue weighted by Crippen LogP contribution is -2.04. The molecule has 0 saturated carbocycles. The Morgan fingerprint density at radius 2 is 2.00 bits per heavy atom. The number of hydrogen-bond donors (Lipinski definition) is 0. The molecular formula is C16H15NO5. The fraction of sp³-hybridized carbons (Fsp3) is 0.188. The van der Waals surface area contributed by atoms with Gasteiger partial charge in [-0.3, -0.25) is 10.1 Å². The Morgan fingerprint density at radius 1 is 1.23 bits per heavy atom. The van der Waals surface area contributed by atoms with Crippen LogP contribution >= 0.6 is 0 Å². The number of esters is 1. The topological polar surface area (TPSA) is 78.7 Å². The van der Waals surface area contributed by atoms with Crippen molar-refractivity contribution >= 4 is 11.7 Å². The van der Waals surface area contributed by atoms with Gasteiger partial charge in [0.25, 0.3) is 0 Å². The molecule has 0 spiro atoms. The van der Waals surface area contributed by atoms with Gasteiger partial charge in [-0.2, -0.15) is 0 Å². The Labute approximate surface area is 127 Å². The van der Waals surface area contributed by atoms with E-state index in [0.29, 0.717) is 5.56 Å². The molecule has 0 N–H and O–H groups in total. The molecule has 22 heavy (non-hydrogen) atoms. The first-order chi connectivity index (χ1) is 10.5. The molecule has 0 aromatic heterocycles. The molecule has 2 rings (SSSR count). The van der Waals surface area contributed by atoms with E-state index in [4.69, 9.17) is 4.74 Å². The zero-order valence-corrected chi connectivity index (χ0v) is 12.2. The number of rotatable bonds is 5. The summed E-state index contributed by atoms with van der Waals surface area (Å²) in [5, 5.41) is 11.0. The van der Waals surface area contributed by atoms with Crippen molar-refractivity contribution in [1.82, 2.24) is 0 Å². The van der Waals surface area contributed by atoms with E-state index in [1.54, 1.807) is 43.3 Å². The molecule has 0 unspecified atom stereocenters. The van der Waals surface area contributed by atoms with Crippen LogP contribution in [0.1, 0.15) is 21.5 Å². The van der Waals surface area contributed by atoms with Crippen molar-refractivity contribution in [3.63, 3.8) is 0 Å². The third kappa shape index (κ3) is 3.60. The molecule has 0 aliphatic rings. The number of carbonyl (C=O) groups is 1. The lowest BCUT2D eigenvalue weighted by molar-refractivity contribution is -0.386. The van der Waals surface area contributed by atoms with E-state index in [9.17, 15) is 14.9 Å². The van der Waals surface area contributed by atoms with E-state index in [1.165, 1.54) is 13.2 Å². The zero-order valence-electron chi connectivity index (χ0n) is 12.2. The van der Waals surface area contributed by atoms with Crippen molar-refractivity contribution in [3.8, 4) is 5.75 Å². The first-order valence-corrected chi connectivity index (χ1v) is 6.56. The van der Waals surface area contributed by atoms with E-state index >= 15 is 0 Å². The third-order valence-electron chi connectivity index (χ3n) is 3.05. The number of carbonyl (C=O) groups excluding carboxylic acids is 1. The van der Waals surface area contributed by atoms with Crippen LogP contribution in [0.3, 0.4) is 0 Å². The monoisotopic (exact) mass is 301 g/mol. The Bertz CT molecular complexity index is 711. The van der Waals surface area contributed by atoms with Gasteiger partial charge >= 0.3 is 11.7 Å². The van der Waals surface area contributed by atoms with Gasteiger partial charge in [0, 0.05) is 6.07 Å². The highest BCUT2D eigenvalue weighted by Crippen LogP contribution is 2.28. The van der Waals surface area contributed by atoms with Crippen LogP contribution in [-0.4, -0.2) is 18.0 Å². The van der Waals surface area contributed by atoms with Crippen molar-refractivity contribution in [2.75, 3.05) is 7.11 Å². The quantitative estimate of drug-likeness (QED) is 0.481. The normalized spacial score (nSPS) is 10.1. The maximum atomic E-state index is 11.5. The molecule has 2 aromatic rings. The highest BCUT2D eigenvalue weighted by molar-refractivity contribution is 5.89. The number of ether oxygens (including phenoxy) is 2. The molecule has 6 nitrogen and oxygen atoms in total. The second kappa shape index (κ2) is 6.71. The number of benzene rings is 2. The Morgan fingerprint density at radius 3 is 2.68 bits per heavy atom. The number of methoxy groups -OCH3 is 1. The molecule has 0 saturated heterocycles. The van der Waals surface area contributed by atoms with Gasteiger partial charge in [0.1, 0.15) is 6.61 Å². The number of nitrogens with zero attached hydrogens (tertiary/aromatic N) is 1. The number of aryl methyl sites for hydroxylation is 1. The van der Waals surface area contributed by atoms with Gasteiger partial charge in [-0.15, -0.1) is 0 Å². The van der Waals surface area contributed by atoms with Crippen LogP contribution in [0.25, 0.3) is 0 Å². The zero-order chi connectivity index (χ0) is 16.1. The van der Waals surface area contributed by atoms with Gasteiger partial charge in [-0.25, -0.2) is 4.79 Å². The van der Waals surface area contributed by atoms with Gasteiger partial charge in [-0.1, -0.05) is 18.2 Å². The minimum Gasteiger partial charge on any atom is -0.482 e. The summed E-state index contributed by atoms with van der Waals surface area (Å²) in [5.41, 5.74) is 1.83. The summed E-state index contributed by atoms with van der Waals surface area (Å²) in [6.07, 6.45) is 0. The van der Waals surface area contributed by atoms with Crippen molar-refractivity contribution < 1.29 is 19.2 Å². The first kappa shape index (κ1) is 15.5. The fourth-order valence-electron chi connectivity index (χ4n) is 1.96. The Hall–Kier alpha value is -2.89. The van der Waals surface area contributed by atoms with Gasteiger partial charge < -0.3 is 9.47 Å². The average molecular weight is 301 g/mol. The summed E-state index contributed by atoms with van der Waals surface area (Å²) < 4.78 is 10.2. The summed E-state index contributed by atoms with van der Waals surface area (Å²) in [6, 6.07) is 11.5. The molecule has 0 aliphatic heterocycles. The molecule has 0 atom stereocenters. The minimum absolute atomic E-state index is 0.0795. The van der Waals surface area contributed by atoms with E-state index in [1.807, 2.05) is 0 Å². The third-order valence-corrected chi connectivity index (χ3v) is 3.05. The van der Waals surface area contributed by atoms with Crippen LogP contribution in [0, 0.1) is 17.0 Å². The number of hydrogen-bond acceptors (Lipinski definition) is 5. The number of nitro groups is 1. The van der Waals surface area contributed by atoms with Crippen molar-refractivity contribution in [2.24, 2.45) is 0 Å². The predicted octanol–water partition coefficient (Wildman–Crippen LogP) is 3.27. The largest absolute Gasteiger partial charge is 0.482 e. The molecule has 0 aliphatic carbocycles. The van der Waals surface area contributed by atoms with Crippen LogP contribution in [0.4, 0.5) is 5.69 Å². The van der Waals surface area contributed by atoms with Crippen molar-refractivity contribution in [1.29, 1.82) is 0 Å². The molecule has 6 heteroatoms. The SMILES string of the molecule is COC(=O)c1cccc(COc2ccc(C)cc2[N+](=O)[O-])c1. The van der Waals surface area contributed by atoms with Gasteiger partial charge in [0.15, 0.2) is 5.75 Å². The highest BCUT2D eigenvalue weighted by Gasteiger charge is 2.15. The molecule has 0 heterocycles. The molecule has 2 aromatic carbocycles. The van der Waals surface area contributed by atoms with Crippen LogP contribution < -0.4 is 4.74 Å². The van der Waals surface area contributed by atoms with E-state index < -0.39 is 10.9 Å². The molecule has 0 amide bonds. The predicted molar refractivity (Wildman–Crippen MR) is 79.9 cm³/mol. The minimum atomic E-state index is -0.479. The van der Waals surface area contributed by atoms with Gasteiger partial charge in [0.2, 0.25) is 0 Å². The molecule has 0 bridgehead atoms. The van der Waals surface area contributed by atoms with Crippen LogP contribution in [-0.2, 0) is 11.3 Å². The van der Waals surface area contributed by atoms with Crippen LogP contribution in [0.5, 0.6) is 5.75 Å². The van der Waals surface area contributed by atoms with E-state index in [-0.39, 0.29) is 18.0 Å². The van der Waals surface area contributed by atoms with Crippen LogP contribution in [0.2, 0.25) is 0 Å². The molecule has 114 valence electrons. The fourth-order valence-corrected chi connectivity index (χ4v) is 1.96. The van der Waals surface area contributed by atoms with E-state index in [0.717, 1.165) is 11.1 Å². The van der Waals surface area contributed by atoms with Crippen molar-refractivity contribution in [2.45, 2.75) is 13.5 Å². The first-order valence-electron chi connectivity index (χ1n) is 6.56. The Balaban J connectivity index is 2.17. The van der Waals surface area contributed by atoms with Gasteiger partial charge in [-0.05, 0) is 36.2 Å². The highest BCUT2D eigenvalue weighted by atomic mass is 16.6. The second-order valence-corrected chi connectivity index (χ2v) is 4.71. The maximum absolute atomic E-state index is 11.5. The summed E-state index contributed by atoms with van der Waals surface area (Å²) in [4.78, 5) is 22.0. The summed E-state index contributed by atoms with van der Waals surface area (Å²) in [7, 11) is 1.31. The summed E-state index contributed by atoms with van der Waals surface area (Å²) in [5.74, 6) is -0.248. The Kier molecular flexibility index (Phi) is 4.73. The standard InChI is InChI=1S/C16H15NO5/c1-11-6-7-15(14(8-11)17(19)20)22-10-12-4-3-5-13(9-12)16(18)21-2/h3-9H,10H2,1-2H3. The second-order valence-electron chi connectivity index (χ2n) is 4.71. The van der Waals surface area contributed by atoms with Crippen molar-refractivity contribution in [3.05, 3.63) is 69.3 Å².